The zero-order valence-corrected chi connectivity index (χ0v) is 28.3. The number of amides is 4. The first-order chi connectivity index (χ1) is 22.6. The van der Waals surface area contributed by atoms with Crippen molar-refractivity contribution in [2.75, 3.05) is 32.0 Å². The quantitative estimate of drug-likeness (QED) is 0.326. The number of hydrogen-bond donors (Lipinski definition) is 3. The molecule has 2 aliphatic rings. The summed E-state index contributed by atoms with van der Waals surface area (Å²) < 4.78 is 48.2. The van der Waals surface area contributed by atoms with Crippen LogP contribution in [-0.2, 0) is 20.8 Å². The number of hydrogen-bond acceptors (Lipinski definition) is 8. The molecule has 1 aliphatic carbocycles. The van der Waals surface area contributed by atoms with E-state index in [1.807, 2.05) is 14.0 Å². The Kier molecular flexibility index (Phi) is 11.9. The number of anilines is 1. The Balaban J connectivity index is 1.55. The fourth-order valence-electron chi connectivity index (χ4n) is 6.27. The molecule has 1 aromatic carbocycles. The summed E-state index contributed by atoms with van der Waals surface area (Å²) in [6.07, 6.45) is 3.49. The molecule has 4 atom stereocenters. The minimum atomic E-state index is -3.74. The second kappa shape index (κ2) is 15.5. The van der Waals surface area contributed by atoms with Crippen LogP contribution >= 0.6 is 0 Å². The van der Waals surface area contributed by atoms with E-state index in [1.54, 1.807) is 13.8 Å². The number of nitrogens with one attached hydrogen (secondary N) is 3. The SMILES string of the molecule is CCc1nonc1C(=O)N[C@H](C(=O)Nc1ccc([C@H](C)[C@@H](NC(=O)C(C)(F)F)C(=O)N2CCN(C)[C@@H](C)C2)cc1F)[C@H]1CC[C@H](C)CC1. The van der Waals surface area contributed by atoms with E-state index in [0.717, 1.165) is 18.9 Å². The number of alkyl halides is 2. The molecular weight excluding hydrogens is 631 g/mol. The minimum absolute atomic E-state index is 0.00856. The van der Waals surface area contributed by atoms with Crippen LogP contribution in [0.2, 0.25) is 0 Å². The summed E-state index contributed by atoms with van der Waals surface area (Å²) in [5, 5.41) is 15.0. The molecule has 264 valence electrons. The summed E-state index contributed by atoms with van der Waals surface area (Å²) in [7, 11) is 1.91. The molecular formula is C33H46F3N7O5. The van der Waals surface area contributed by atoms with Gasteiger partial charge in [0.1, 0.15) is 23.6 Å². The monoisotopic (exact) mass is 677 g/mol. The normalized spacial score (nSPS) is 22.4. The lowest BCUT2D eigenvalue weighted by molar-refractivity contribution is -0.148. The van der Waals surface area contributed by atoms with E-state index in [0.29, 0.717) is 57.4 Å². The van der Waals surface area contributed by atoms with Gasteiger partial charge in [0.15, 0.2) is 5.69 Å². The predicted molar refractivity (Wildman–Crippen MR) is 171 cm³/mol. The predicted octanol–water partition coefficient (Wildman–Crippen LogP) is 3.74. The van der Waals surface area contributed by atoms with E-state index >= 15 is 4.39 Å². The highest BCUT2D eigenvalue weighted by Crippen LogP contribution is 2.32. The van der Waals surface area contributed by atoms with Crippen LogP contribution in [-0.4, -0.2) is 94.5 Å². The van der Waals surface area contributed by atoms with Crippen LogP contribution in [0.3, 0.4) is 0 Å². The maximum atomic E-state index is 15.6. The van der Waals surface area contributed by atoms with Crippen molar-refractivity contribution < 1.29 is 37.0 Å². The molecule has 4 amide bonds. The Morgan fingerprint density at radius 2 is 1.75 bits per heavy atom. The Bertz CT molecular complexity index is 1470. The lowest BCUT2D eigenvalue weighted by atomic mass is 9.79. The molecule has 2 heterocycles. The van der Waals surface area contributed by atoms with Gasteiger partial charge in [0.05, 0.1) is 5.69 Å². The van der Waals surface area contributed by atoms with Crippen molar-refractivity contribution in [3.63, 3.8) is 0 Å². The third-order valence-corrected chi connectivity index (χ3v) is 9.71. The topological polar surface area (TPSA) is 150 Å². The fourth-order valence-corrected chi connectivity index (χ4v) is 6.27. The highest BCUT2D eigenvalue weighted by Gasteiger charge is 2.40. The summed E-state index contributed by atoms with van der Waals surface area (Å²) >= 11 is 0. The third-order valence-electron chi connectivity index (χ3n) is 9.71. The van der Waals surface area contributed by atoms with Crippen molar-refractivity contribution >= 4 is 29.3 Å². The highest BCUT2D eigenvalue weighted by molar-refractivity contribution is 6.01. The summed E-state index contributed by atoms with van der Waals surface area (Å²) in [6.45, 7) is 9.06. The molecule has 48 heavy (non-hydrogen) atoms. The number of likely N-dealkylation sites (N-methyl/N-ethyl adjacent to an activating group) is 1. The number of carbonyl (C=O) groups is 4. The molecule has 1 aliphatic heterocycles. The van der Waals surface area contributed by atoms with Crippen molar-refractivity contribution in [2.45, 2.75) is 96.7 Å². The summed E-state index contributed by atoms with van der Waals surface area (Å²) in [6, 6.07) is 1.50. The Hall–Kier alpha value is -4.01. The van der Waals surface area contributed by atoms with Gasteiger partial charge in [-0.15, -0.1) is 0 Å². The van der Waals surface area contributed by atoms with Gasteiger partial charge in [-0.25, -0.2) is 9.02 Å². The van der Waals surface area contributed by atoms with Gasteiger partial charge in [0, 0.05) is 38.5 Å². The molecule has 1 saturated carbocycles. The zero-order valence-electron chi connectivity index (χ0n) is 28.3. The molecule has 0 radical (unpaired) electrons. The number of carbonyl (C=O) groups excluding carboxylic acids is 4. The smallest absolute Gasteiger partial charge is 0.321 e. The van der Waals surface area contributed by atoms with Gasteiger partial charge in [0.25, 0.3) is 11.8 Å². The van der Waals surface area contributed by atoms with Crippen LogP contribution in [0, 0.1) is 17.7 Å². The first kappa shape index (κ1) is 36.8. The second-order valence-electron chi connectivity index (χ2n) is 13.4. The van der Waals surface area contributed by atoms with Gasteiger partial charge in [-0.05, 0) is 67.9 Å². The van der Waals surface area contributed by atoms with Crippen LogP contribution in [0.15, 0.2) is 22.8 Å². The Labute approximate surface area is 278 Å². The molecule has 0 spiro atoms. The van der Waals surface area contributed by atoms with Crippen molar-refractivity contribution in [2.24, 2.45) is 11.8 Å². The molecule has 4 rings (SSSR count). The molecule has 3 N–H and O–H groups in total. The van der Waals surface area contributed by atoms with Crippen LogP contribution < -0.4 is 16.0 Å². The third kappa shape index (κ3) is 8.71. The van der Waals surface area contributed by atoms with Crippen molar-refractivity contribution in [3.8, 4) is 0 Å². The van der Waals surface area contributed by atoms with Gasteiger partial charge < -0.3 is 25.8 Å². The van der Waals surface area contributed by atoms with Gasteiger partial charge >= 0.3 is 5.92 Å². The maximum absolute atomic E-state index is 15.6. The number of aryl methyl sites for hydroxylation is 1. The van der Waals surface area contributed by atoms with Gasteiger partial charge in [0.2, 0.25) is 11.8 Å². The van der Waals surface area contributed by atoms with Crippen LogP contribution in [0.25, 0.3) is 0 Å². The molecule has 0 unspecified atom stereocenters. The van der Waals surface area contributed by atoms with Crippen LogP contribution in [0.4, 0.5) is 18.9 Å². The van der Waals surface area contributed by atoms with Gasteiger partial charge in [-0.3, -0.25) is 19.2 Å². The maximum Gasteiger partial charge on any atom is 0.321 e. The summed E-state index contributed by atoms with van der Waals surface area (Å²) in [4.78, 5) is 56.3. The lowest BCUT2D eigenvalue weighted by Crippen LogP contribution is -2.59. The molecule has 15 heteroatoms. The molecule has 2 aromatic rings. The molecule has 1 aromatic heterocycles. The van der Waals surface area contributed by atoms with E-state index in [2.05, 4.69) is 38.1 Å². The largest absolute Gasteiger partial charge is 0.339 e. The van der Waals surface area contributed by atoms with Crippen LogP contribution in [0.5, 0.6) is 0 Å². The molecule has 1 saturated heterocycles. The number of halogens is 3. The standard InChI is InChI=1S/C33H46F3N7O5/c1-7-24-28(41-48-40-24)30(45)38-27(21-10-8-18(2)9-11-21)29(44)37-25-13-12-22(16-23(25)34)20(4)26(39-32(47)33(5,35)36)31(46)43-15-14-42(6)19(3)17-43/h12-13,16,18-21,26-27H,7-11,14-15,17H2,1-6H3,(H,37,44)(H,38,45)(H,39,47)/t18-,19-,20-,21-,26+,27-/m0/s1. The van der Waals surface area contributed by atoms with E-state index in [1.165, 1.54) is 17.0 Å². The van der Waals surface area contributed by atoms with Crippen molar-refractivity contribution in [1.29, 1.82) is 0 Å². The Morgan fingerprint density at radius 3 is 2.35 bits per heavy atom. The average Bonchev–Trinajstić information content (AvgIpc) is 3.53. The number of piperazine rings is 1. The highest BCUT2D eigenvalue weighted by atomic mass is 19.3. The number of aromatic nitrogens is 2. The zero-order chi connectivity index (χ0) is 35.3. The van der Waals surface area contributed by atoms with Gasteiger partial charge in [-0.2, -0.15) is 8.78 Å². The van der Waals surface area contributed by atoms with Crippen molar-refractivity contribution in [1.82, 2.24) is 30.7 Å². The minimum Gasteiger partial charge on any atom is -0.339 e. The molecule has 12 nitrogen and oxygen atoms in total. The summed E-state index contributed by atoms with van der Waals surface area (Å²) in [5.74, 6) is -8.62. The Morgan fingerprint density at radius 1 is 1.06 bits per heavy atom. The fraction of sp³-hybridized carbons (Fsp3) is 0.636. The number of rotatable bonds is 11. The summed E-state index contributed by atoms with van der Waals surface area (Å²) in [5.41, 5.74) is 0.406. The van der Waals surface area contributed by atoms with E-state index in [4.69, 9.17) is 4.63 Å². The first-order valence-electron chi connectivity index (χ1n) is 16.5. The van der Waals surface area contributed by atoms with Crippen LogP contribution in [0.1, 0.15) is 88.0 Å². The lowest BCUT2D eigenvalue weighted by Gasteiger charge is -2.40. The average molecular weight is 678 g/mol. The molecule has 0 bridgehead atoms. The van der Waals surface area contributed by atoms with Crippen molar-refractivity contribution in [3.05, 3.63) is 41.0 Å². The van der Waals surface area contributed by atoms with E-state index in [9.17, 15) is 28.0 Å². The second-order valence-corrected chi connectivity index (χ2v) is 13.4. The first-order valence-corrected chi connectivity index (χ1v) is 16.5. The van der Waals surface area contributed by atoms with Gasteiger partial charge in [-0.1, -0.05) is 44.8 Å². The van der Waals surface area contributed by atoms with E-state index < -0.39 is 53.4 Å². The number of benzene rings is 1. The van der Waals surface area contributed by atoms with E-state index in [-0.39, 0.29) is 28.9 Å². The molecule has 2 fully saturated rings. The number of nitrogens with zero attached hydrogens (tertiary/aromatic N) is 4.